The number of amides is 1. The lowest BCUT2D eigenvalue weighted by Crippen LogP contribution is -2.36. The number of halogens is 2. The molecule has 0 aliphatic heterocycles. The Labute approximate surface area is 72.9 Å². The number of hydrogen-bond donors (Lipinski definition) is 2. The van der Waals surface area contributed by atoms with E-state index in [0.29, 0.717) is 0 Å². The first-order valence-electron chi connectivity index (χ1n) is 3.67. The van der Waals surface area contributed by atoms with Crippen molar-refractivity contribution >= 4 is 11.9 Å². The highest BCUT2D eigenvalue weighted by Crippen LogP contribution is 2.60. The second-order valence-electron chi connectivity index (χ2n) is 3.18. The molecule has 1 unspecified atom stereocenters. The van der Waals surface area contributed by atoms with Gasteiger partial charge in [0.1, 0.15) is 0 Å². The van der Waals surface area contributed by atoms with E-state index in [9.17, 15) is 18.4 Å². The SMILES string of the molecule is CC(=O)NCC1(C(=O)O)CC1(F)F. The molecule has 1 saturated carbocycles. The monoisotopic (exact) mass is 193 g/mol. The molecule has 0 saturated heterocycles. The normalized spacial score (nSPS) is 29.5. The van der Waals surface area contributed by atoms with Gasteiger partial charge in [0.2, 0.25) is 5.91 Å². The van der Waals surface area contributed by atoms with Crippen molar-refractivity contribution in [2.45, 2.75) is 19.3 Å². The summed E-state index contributed by atoms with van der Waals surface area (Å²) in [7, 11) is 0. The van der Waals surface area contributed by atoms with Crippen molar-refractivity contribution in [2.24, 2.45) is 5.41 Å². The van der Waals surface area contributed by atoms with Crippen molar-refractivity contribution < 1.29 is 23.5 Å². The smallest absolute Gasteiger partial charge is 0.317 e. The van der Waals surface area contributed by atoms with Crippen molar-refractivity contribution in [3.8, 4) is 0 Å². The van der Waals surface area contributed by atoms with Crippen molar-refractivity contribution in [3.05, 3.63) is 0 Å². The number of carboxylic acid groups (broad SMARTS) is 1. The molecule has 2 N–H and O–H groups in total. The lowest BCUT2D eigenvalue weighted by molar-refractivity contribution is -0.147. The lowest BCUT2D eigenvalue weighted by atomic mass is 10.1. The first kappa shape index (κ1) is 9.88. The third-order valence-electron chi connectivity index (χ3n) is 2.15. The van der Waals surface area contributed by atoms with Crippen LogP contribution in [0.2, 0.25) is 0 Å². The van der Waals surface area contributed by atoms with Crippen LogP contribution in [0.5, 0.6) is 0 Å². The molecule has 0 aromatic rings. The molecule has 13 heavy (non-hydrogen) atoms. The zero-order valence-electron chi connectivity index (χ0n) is 6.93. The summed E-state index contributed by atoms with van der Waals surface area (Å²) in [6.07, 6.45) is -0.699. The Kier molecular flexibility index (Phi) is 2.01. The Morgan fingerprint density at radius 1 is 1.54 bits per heavy atom. The zero-order chi connectivity index (χ0) is 10.3. The lowest BCUT2D eigenvalue weighted by Gasteiger charge is -2.10. The maximum atomic E-state index is 12.6. The van der Waals surface area contributed by atoms with Crippen LogP contribution in [0.1, 0.15) is 13.3 Å². The van der Waals surface area contributed by atoms with Gasteiger partial charge < -0.3 is 10.4 Å². The fraction of sp³-hybridized carbons (Fsp3) is 0.714. The van der Waals surface area contributed by atoms with Gasteiger partial charge in [-0.25, -0.2) is 8.78 Å². The van der Waals surface area contributed by atoms with E-state index in [4.69, 9.17) is 5.11 Å². The first-order valence-corrected chi connectivity index (χ1v) is 3.67. The van der Waals surface area contributed by atoms with Gasteiger partial charge in [-0.2, -0.15) is 0 Å². The average Bonchev–Trinajstić information content (AvgIpc) is 2.51. The molecule has 0 spiro atoms. The number of hydrogen-bond acceptors (Lipinski definition) is 2. The van der Waals surface area contributed by atoms with Crippen LogP contribution in [0.3, 0.4) is 0 Å². The summed E-state index contributed by atoms with van der Waals surface area (Å²) in [6.45, 7) is 0.640. The summed E-state index contributed by atoms with van der Waals surface area (Å²) < 4.78 is 25.2. The summed E-state index contributed by atoms with van der Waals surface area (Å²) in [5, 5.41) is 10.6. The van der Waals surface area contributed by atoms with E-state index in [0.717, 1.165) is 6.92 Å². The van der Waals surface area contributed by atoms with Gasteiger partial charge in [0.05, 0.1) is 0 Å². The number of carbonyl (C=O) groups is 2. The standard InChI is InChI=1S/C7H9F2NO3/c1-4(11)10-3-6(5(12)13)2-7(6,8)9/h2-3H2,1H3,(H,10,11)(H,12,13). The fourth-order valence-electron chi connectivity index (χ4n) is 1.11. The molecular formula is C7H9F2NO3. The van der Waals surface area contributed by atoms with Crippen molar-refractivity contribution in [2.75, 3.05) is 6.54 Å². The van der Waals surface area contributed by atoms with E-state index in [-0.39, 0.29) is 0 Å². The number of alkyl halides is 2. The summed E-state index contributed by atoms with van der Waals surface area (Å²) in [5.74, 6) is -5.27. The largest absolute Gasteiger partial charge is 0.481 e. The molecule has 4 nitrogen and oxygen atoms in total. The summed E-state index contributed by atoms with van der Waals surface area (Å²) >= 11 is 0. The highest BCUT2D eigenvalue weighted by atomic mass is 19.3. The second-order valence-corrected chi connectivity index (χ2v) is 3.18. The minimum Gasteiger partial charge on any atom is -0.481 e. The Bertz CT molecular complexity index is 266. The number of carboxylic acids is 1. The van der Waals surface area contributed by atoms with Gasteiger partial charge in [0.25, 0.3) is 5.92 Å². The molecule has 1 amide bonds. The minimum absolute atomic E-state index is 0.509. The van der Waals surface area contributed by atoms with Crippen molar-refractivity contribution in [1.82, 2.24) is 5.32 Å². The van der Waals surface area contributed by atoms with E-state index < -0.39 is 36.2 Å². The van der Waals surface area contributed by atoms with Gasteiger partial charge in [0, 0.05) is 19.9 Å². The van der Waals surface area contributed by atoms with Crippen LogP contribution in [0, 0.1) is 5.41 Å². The van der Waals surface area contributed by atoms with Crippen molar-refractivity contribution in [3.63, 3.8) is 0 Å². The molecule has 0 aromatic carbocycles. The van der Waals surface area contributed by atoms with E-state index in [1.165, 1.54) is 0 Å². The average molecular weight is 193 g/mol. The highest BCUT2D eigenvalue weighted by Gasteiger charge is 2.76. The fourth-order valence-corrected chi connectivity index (χ4v) is 1.11. The Balaban J connectivity index is 2.63. The molecule has 1 atom stereocenters. The number of nitrogens with one attached hydrogen (secondary N) is 1. The van der Waals surface area contributed by atoms with E-state index >= 15 is 0 Å². The van der Waals surface area contributed by atoms with Crippen LogP contribution in [-0.2, 0) is 9.59 Å². The quantitative estimate of drug-likeness (QED) is 0.674. The summed E-state index contributed by atoms with van der Waals surface area (Å²) in [5.41, 5.74) is -2.07. The van der Waals surface area contributed by atoms with Gasteiger partial charge in [-0.1, -0.05) is 0 Å². The molecule has 74 valence electrons. The summed E-state index contributed by atoms with van der Waals surface area (Å²) in [6, 6.07) is 0. The molecule has 1 rings (SSSR count). The highest BCUT2D eigenvalue weighted by molar-refractivity contribution is 5.82. The molecule has 0 bridgehead atoms. The van der Waals surface area contributed by atoms with Crippen LogP contribution in [0.4, 0.5) is 8.78 Å². The van der Waals surface area contributed by atoms with Gasteiger partial charge in [-0.05, 0) is 0 Å². The molecule has 0 radical (unpaired) electrons. The third-order valence-corrected chi connectivity index (χ3v) is 2.15. The Hall–Kier alpha value is -1.20. The predicted octanol–water partition coefficient (Wildman–Crippen LogP) is 0.232. The van der Waals surface area contributed by atoms with Crippen LogP contribution in [0.25, 0.3) is 0 Å². The van der Waals surface area contributed by atoms with Gasteiger partial charge in [-0.3, -0.25) is 9.59 Å². The second kappa shape index (κ2) is 2.65. The van der Waals surface area contributed by atoms with Crippen molar-refractivity contribution in [1.29, 1.82) is 0 Å². The van der Waals surface area contributed by atoms with Crippen LogP contribution < -0.4 is 5.32 Å². The topological polar surface area (TPSA) is 66.4 Å². The number of carbonyl (C=O) groups excluding carboxylic acids is 1. The number of aliphatic carboxylic acids is 1. The number of rotatable bonds is 3. The molecule has 1 fully saturated rings. The molecule has 0 heterocycles. The van der Waals surface area contributed by atoms with E-state index in [1.54, 1.807) is 0 Å². The Morgan fingerprint density at radius 2 is 2.00 bits per heavy atom. The third kappa shape index (κ3) is 1.48. The maximum absolute atomic E-state index is 12.6. The van der Waals surface area contributed by atoms with E-state index in [2.05, 4.69) is 5.32 Å². The molecule has 1 aliphatic carbocycles. The molecule has 1 aliphatic rings. The molecular weight excluding hydrogens is 184 g/mol. The van der Waals surface area contributed by atoms with Crippen LogP contribution >= 0.6 is 0 Å². The zero-order valence-corrected chi connectivity index (χ0v) is 6.93. The van der Waals surface area contributed by atoms with Gasteiger partial charge in [-0.15, -0.1) is 0 Å². The van der Waals surface area contributed by atoms with Crippen LogP contribution in [-0.4, -0.2) is 29.5 Å². The molecule has 0 aromatic heterocycles. The Morgan fingerprint density at radius 3 is 2.23 bits per heavy atom. The minimum atomic E-state index is -3.19. The first-order chi connectivity index (χ1) is 5.82. The van der Waals surface area contributed by atoms with E-state index in [1.807, 2.05) is 0 Å². The molecule has 6 heteroatoms. The summed E-state index contributed by atoms with van der Waals surface area (Å²) in [4.78, 5) is 20.9. The van der Waals surface area contributed by atoms with Gasteiger partial charge in [0.15, 0.2) is 5.41 Å². The predicted molar refractivity (Wildman–Crippen MR) is 38.3 cm³/mol. The van der Waals surface area contributed by atoms with Crippen LogP contribution in [0.15, 0.2) is 0 Å². The maximum Gasteiger partial charge on any atom is 0.317 e. The van der Waals surface area contributed by atoms with Gasteiger partial charge >= 0.3 is 5.97 Å².